The average molecular weight is 395 g/mol. The van der Waals surface area contributed by atoms with Gasteiger partial charge in [-0.15, -0.1) is 0 Å². The maximum absolute atomic E-state index is 12.9. The molecule has 9 heteroatoms. The van der Waals surface area contributed by atoms with Crippen LogP contribution in [0.15, 0.2) is 79.6 Å². The number of rotatable bonds is 5. The zero-order valence-corrected chi connectivity index (χ0v) is 15.2. The van der Waals surface area contributed by atoms with Gasteiger partial charge in [0.2, 0.25) is 0 Å². The summed E-state index contributed by atoms with van der Waals surface area (Å²) in [5.41, 5.74) is 0.706. The summed E-state index contributed by atoms with van der Waals surface area (Å²) in [5, 5.41) is 11.3. The molecule has 0 aliphatic carbocycles. The predicted molar refractivity (Wildman–Crippen MR) is 104 cm³/mol. The number of amidine groups is 1. The van der Waals surface area contributed by atoms with Gasteiger partial charge in [-0.3, -0.25) is 19.8 Å². The maximum Gasteiger partial charge on any atom is 0.433 e. The molecule has 2 aromatic heterocycles. The number of carbonyl (C=O) groups excluding carboxylic acids is 1. The average Bonchev–Trinajstić information content (AvgIpc) is 3.42. The van der Waals surface area contributed by atoms with Crippen LogP contribution >= 0.6 is 11.8 Å². The molecule has 3 aromatic rings. The van der Waals surface area contributed by atoms with E-state index < -0.39 is 4.92 Å². The molecule has 28 heavy (non-hydrogen) atoms. The van der Waals surface area contributed by atoms with Gasteiger partial charge < -0.3 is 8.83 Å². The molecule has 1 saturated heterocycles. The highest BCUT2D eigenvalue weighted by Gasteiger charge is 2.34. The minimum atomic E-state index is -0.628. The van der Waals surface area contributed by atoms with Gasteiger partial charge in [-0.2, -0.15) is 0 Å². The highest BCUT2D eigenvalue weighted by molar-refractivity contribution is 8.18. The van der Waals surface area contributed by atoms with Crippen LogP contribution in [0.25, 0.3) is 6.08 Å². The number of nitro groups is 1. The van der Waals surface area contributed by atoms with Crippen LogP contribution in [0.4, 0.5) is 11.6 Å². The van der Waals surface area contributed by atoms with Gasteiger partial charge in [0.05, 0.1) is 29.5 Å². The fourth-order valence-corrected chi connectivity index (χ4v) is 3.53. The lowest BCUT2D eigenvalue weighted by Crippen LogP contribution is -2.28. The Balaban J connectivity index is 1.67. The Hall–Kier alpha value is -3.59. The quantitative estimate of drug-likeness (QED) is 0.356. The summed E-state index contributed by atoms with van der Waals surface area (Å²) in [7, 11) is 0. The molecule has 140 valence electrons. The molecule has 0 spiro atoms. The lowest BCUT2D eigenvalue weighted by Gasteiger charge is -2.13. The first-order chi connectivity index (χ1) is 13.6. The SMILES string of the molecule is O=C1/C(=C/c2ccc([N+](=O)[O-])o2)SC(=Nc2ccccc2)N1Cc1ccco1. The van der Waals surface area contributed by atoms with E-state index in [-0.39, 0.29) is 24.1 Å². The Morgan fingerprint density at radius 1 is 1.14 bits per heavy atom. The molecule has 1 aromatic carbocycles. The minimum absolute atomic E-state index is 0.222. The Labute approximate surface area is 163 Å². The summed E-state index contributed by atoms with van der Waals surface area (Å²) in [6.07, 6.45) is 3.01. The van der Waals surface area contributed by atoms with E-state index in [0.29, 0.717) is 21.5 Å². The number of benzene rings is 1. The van der Waals surface area contributed by atoms with Crippen molar-refractivity contribution >= 4 is 40.5 Å². The lowest BCUT2D eigenvalue weighted by atomic mass is 10.3. The van der Waals surface area contributed by atoms with Crippen LogP contribution in [0.5, 0.6) is 0 Å². The molecule has 0 bridgehead atoms. The Bertz CT molecular complexity index is 1070. The second kappa shape index (κ2) is 7.57. The van der Waals surface area contributed by atoms with Crippen molar-refractivity contribution in [2.75, 3.05) is 0 Å². The van der Waals surface area contributed by atoms with Crippen LogP contribution in [0, 0.1) is 10.1 Å². The van der Waals surface area contributed by atoms with Crippen LogP contribution in [0.2, 0.25) is 0 Å². The molecule has 0 unspecified atom stereocenters. The minimum Gasteiger partial charge on any atom is -0.467 e. The lowest BCUT2D eigenvalue weighted by molar-refractivity contribution is -0.402. The molecule has 0 atom stereocenters. The van der Waals surface area contributed by atoms with E-state index in [1.54, 1.807) is 12.1 Å². The van der Waals surface area contributed by atoms with Crippen molar-refractivity contribution in [1.82, 2.24) is 4.90 Å². The molecule has 1 fully saturated rings. The number of amides is 1. The summed E-state index contributed by atoms with van der Waals surface area (Å²) in [6, 6.07) is 15.5. The van der Waals surface area contributed by atoms with E-state index in [4.69, 9.17) is 8.83 Å². The highest BCUT2D eigenvalue weighted by Crippen LogP contribution is 2.35. The van der Waals surface area contributed by atoms with Crippen molar-refractivity contribution in [1.29, 1.82) is 0 Å². The number of hydrogen-bond donors (Lipinski definition) is 0. The third kappa shape index (κ3) is 3.74. The molecule has 0 N–H and O–H groups in total. The number of aliphatic imine (C=N–C) groups is 1. The van der Waals surface area contributed by atoms with Gasteiger partial charge >= 0.3 is 5.88 Å². The summed E-state index contributed by atoms with van der Waals surface area (Å²) in [5.74, 6) is 0.175. The van der Waals surface area contributed by atoms with Crippen molar-refractivity contribution in [3.05, 3.63) is 87.4 Å². The highest BCUT2D eigenvalue weighted by atomic mass is 32.2. The van der Waals surface area contributed by atoms with Crippen molar-refractivity contribution in [2.45, 2.75) is 6.54 Å². The van der Waals surface area contributed by atoms with Crippen LogP contribution in [0.1, 0.15) is 11.5 Å². The third-order valence-corrected chi connectivity index (χ3v) is 4.84. The maximum atomic E-state index is 12.9. The first-order valence-corrected chi connectivity index (χ1v) is 9.03. The number of nitrogens with zero attached hydrogens (tertiary/aromatic N) is 3. The van der Waals surface area contributed by atoms with Gasteiger partial charge in [-0.05, 0) is 42.1 Å². The molecule has 1 aliphatic heterocycles. The molecular weight excluding hydrogens is 382 g/mol. The Morgan fingerprint density at radius 3 is 2.64 bits per heavy atom. The van der Waals surface area contributed by atoms with Gasteiger partial charge in [-0.25, -0.2) is 4.99 Å². The van der Waals surface area contributed by atoms with Crippen molar-refractivity contribution < 1.29 is 18.6 Å². The van der Waals surface area contributed by atoms with Gasteiger partial charge in [0.25, 0.3) is 5.91 Å². The first kappa shape index (κ1) is 17.8. The van der Waals surface area contributed by atoms with E-state index in [1.807, 2.05) is 30.3 Å². The number of hydrogen-bond acceptors (Lipinski definition) is 7. The molecule has 3 heterocycles. The molecule has 1 amide bonds. The van der Waals surface area contributed by atoms with Crippen LogP contribution in [-0.2, 0) is 11.3 Å². The topological polar surface area (TPSA) is 102 Å². The zero-order valence-electron chi connectivity index (χ0n) is 14.3. The monoisotopic (exact) mass is 395 g/mol. The largest absolute Gasteiger partial charge is 0.467 e. The van der Waals surface area contributed by atoms with E-state index in [1.165, 1.54) is 41.1 Å². The summed E-state index contributed by atoms with van der Waals surface area (Å²) in [6.45, 7) is 0.222. The molecule has 0 saturated carbocycles. The van der Waals surface area contributed by atoms with E-state index >= 15 is 0 Å². The van der Waals surface area contributed by atoms with Gasteiger partial charge in [0.1, 0.15) is 16.4 Å². The second-order valence-electron chi connectivity index (χ2n) is 5.74. The van der Waals surface area contributed by atoms with E-state index in [0.717, 1.165) is 0 Å². The van der Waals surface area contributed by atoms with Gasteiger partial charge in [-0.1, -0.05) is 18.2 Å². The molecular formula is C19H13N3O5S. The van der Waals surface area contributed by atoms with Crippen LogP contribution in [0.3, 0.4) is 0 Å². The fourth-order valence-electron chi connectivity index (χ4n) is 2.55. The van der Waals surface area contributed by atoms with Crippen molar-refractivity contribution in [2.24, 2.45) is 4.99 Å². The number of thioether (sulfide) groups is 1. The molecule has 8 nitrogen and oxygen atoms in total. The number of carbonyl (C=O) groups is 1. The fraction of sp³-hybridized carbons (Fsp3) is 0.0526. The normalized spacial score (nSPS) is 17.0. The first-order valence-electron chi connectivity index (χ1n) is 8.22. The van der Waals surface area contributed by atoms with Crippen LogP contribution < -0.4 is 0 Å². The van der Waals surface area contributed by atoms with Gasteiger partial charge in [0.15, 0.2) is 5.17 Å². The van der Waals surface area contributed by atoms with Crippen molar-refractivity contribution in [3.63, 3.8) is 0 Å². The summed E-state index contributed by atoms with van der Waals surface area (Å²) < 4.78 is 10.5. The van der Waals surface area contributed by atoms with Crippen molar-refractivity contribution in [3.8, 4) is 0 Å². The number of para-hydroxylation sites is 1. The summed E-state index contributed by atoms with van der Waals surface area (Å²) in [4.78, 5) is 29.5. The van der Waals surface area contributed by atoms with Gasteiger partial charge in [0, 0.05) is 6.08 Å². The van der Waals surface area contributed by atoms with Crippen LogP contribution in [-0.4, -0.2) is 20.9 Å². The Kier molecular flexibility index (Phi) is 4.81. The molecule has 1 aliphatic rings. The second-order valence-corrected chi connectivity index (χ2v) is 6.75. The summed E-state index contributed by atoms with van der Waals surface area (Å²) >= 11 is 1.17. The molecule has 4 rings (SSSR count). The predicted octanol–water partition coefficient (Wildman–Crippen LogP) is 4.59. The van der Waals surface area contributed by atoms with E-state index in [9.17, 15) is 14.9 Å². The van der Waals surface area contributed by atoms with E-state index in [2.05, 4.69) is 4.99 Å². The number of furan rings is 2. The third-order valence-electron chi connectivity index (χ3n) is 3.83. The molecule has 0 radical (unpaired) electrons. The zero-order chi connectivity index (χ0) is 19.5. The smallest absolute Gasteiger partial charge is 0.433 e. The Morgan fingerprint density at radius 2 is 1.96 bits per heavy atom. The standard InChI is InChI=1S/C19H13N3O5S/c23-18-16(11-14-8-9-17(27-14)22(24)25)28-19(20-13-5-2-1-3-6-13)21(18)12-15-7-4-10-26-15/h1-11H,12H2/b16-11-,20-19?.